The molecule has 0 spiro atoms. The van der Waals surface area contributed by atoms with Crippen LogP contribution in [0.4, 0.5) is 0 Å². The molecule has 0 aliphatic heterocycles. The van der Waals surface area contributed by atoms with Gasteiger partial charge in [0.25, 0.3) is 0 Å². The lowest BCUT2D eigenvalue weighted by Gasteiger charge is -2.28. The third-order valence-electron chi connectivity index (χ3n) is 4.21. The second kappa shape index (κ2) is 6.58. The molecule has 0 unspecified atom stereocenters. The van der Waals surface area contributed by atoms with Gasteiger partial charge in [-0.25, -0.2) is 0 Å². The van der Waals surface area contributed by atoms with Crippen molar-refractivity contribution < 1.29 is 0 Å². The minimum absolute atomic E-state index is 0.626. The molecule has 0 saturated heterocycles. The van der Waals surface area contributed by atoms with Crippen molar-refractivity contribution in [1.29, 1.82) is 0 Å². The van der Waals surface area contributed by atoms with Crippen LogP contribution in [-0.2, 0) is 6.54 Å². The van der Waals surface area contributed by atoms with E-state index in [1.54, 1.807) is 0 Å². The molecule has 2 atom stereocenters. The fourth-order valence-electron chi connectivity index (χ4n) is 3.10. The van der Waals surface area contributed by atoms with Crippen LogP contribution in [0.2, 0.25) is 0 Å². The van der Waals surface area contributed by atoms with E-state index in [9.17, 15) is 0 Å². The van der Waals surface area contributed by atoms with Crippen molar-refractivity contribution in [1.82, 2.24) is 25.1 Å². The number of hydrogen-bond acceptors (Lipinski definition) is 5. The van der Waals surface area contributed by atoms with Gasteiger partial charge in [-0.15, -0.1) is 5.10 Å². The number of hydrogen-bond donors (Lipinski definition) is 0. The second-order valence-corrected chi connectivity index (χ2v) is 6.61. The quantitative estimate of drug-likeness (QED) is 0.848. The van der Waals surface area contributed by atoms with Gasteiger partial charge >= 0.3 is 0 Å². The highest BCUT2D eigenvalue weighted by molar-refractivity contribution is 7.99. The zero-order valence-corrected chi connectivity index (χ0v) is 13.3. The smallest absolute Gasteiger partial charge is 0.170 e. The van der Waals surface area contributed by atoms with E-state index in [0.29, 0.717) is 6.04 Å². The Balaban J connectivity index is 1.75. The Morgan fingerprint density at radius 3 is 2.86 bits per heavy atom. The SMILES string of the molecule is CS[C@@H]1CCC[C@@H]1N(C)Cc1nnnn1-c1ccccc1. The molecule has 0 N–H and O–H groups in total. The maximum absolute atomic E-state index is 4.21. The third kappa shape index (κ3) is 3.11. The van der Waals surface area contributed by atoms with Crippen LogP contribution >= 0.6 is 11.8 Å². The summed E-state index contributed by atoms with van der Waals surface area (Å²) < 4.78 is 1.83. The fourth-order valence-corrected chi connectivity index (χ4v) is 4.16. The molecule has 1 aliphatic carbocycles. The highest BCUT2D eigenvalue weighted by Crippen LogP contribution is 2.32. The minimum Gasteiger partial charge on any atom is -0.295 e. The van der Waals surface area contributed by atoms with Crippen molar-refractivity contribution in [2.24, 2.45) is 0 Å². The molecule has 1 aromatic carbocycles. The normalized spacial score (nSPS) is 22.0. The molecule has 112 valence electrons. The highest BCUT2D eigenvalue weighted by Gasteiger charge is 2.30. The number of rotatable bonds is 5. The van der Waals surface area contributed by atoms with Gasteiger partial charge in [-0.05, 0) is 48.7 Å². The summed E-state index contributed by atoms with van der Waals surface area (Å²) in [5.41, 5.74) is 1.01. The average Bonchev–Trinajstić information content (AvgIpc) is 3.16. The molecule has 21 heavy (non-hydrogen) atoms. The molecule has 1 fully saturated rings. The first-order chi connectivity index (χ1) is 10.3. The summed E-state index contributed by atoms with van der Waals surface area (Å²) in [7, 11) is 2.18. The zero-order valence-electron chi connectivity index (χ0n) is 12.5. The molecule has 6 heteroatoms. The number of tetrazole rings is 1. The number of aromatic nitrogens is 4. The van der Waals surface area contributed by atoms with Crippen LogP contribution in [0.3, 0.4) is 0 Å². The maximum atomic E-state index is 4.21. The van der Waals surface area contributed by atoms with E-state index in [1.807, 2.05) is 46.8 Å². The molecule has 5 nitrogen and oxygen atoms in total. The summed E-state index contributed by atoms with van der Waals surface area (Å²) in [5, 5.41) is 12.9. The minimum atomic E-state index is 0.626. The van der Waals surface area contributed by atoms with Crippen molar-refractivity contribution >= 4 is 11.8 Å². The van der Waals surface area contributed by atoms with E-state index >= 15 is 0 Å². The molecule has 2 aromatic rings. The Kier molecular flexibility index (Phi) is 4.55. The van der Waals surface area contributed by atoms with Gasteiger partial charge in [-0.1, -0.05) is 24.6 Å². The van der Waals surface area contributed by atoms with Gasteiger partial charge in [-0.2, -0.15) is 16.4 Å². The Morgan fingerprint density at radius 1 is 1.29 bits per heavy atom. The van der Waals surface area contributed by atoms with Crippen molar-refractivity contribution in [2.75, 3.05) is 13.3 Å². The van der Waals surface area contributed by atoms with Crippen molar-refractivity contribution in [3.63, 3.8) is 0 Å². The maximum Gasteiger partial charge on any atom is 0.170 e. The Hall–Kier alpha value is -1.40. The first-order valence-corrected chi connectivity index (χ1v) is 8.64. The Morgan fingerprint density at radius 2 is 2.10 bits per heavy atom. The van der Waals surface area contributed by atoms with E-state index in [1.165, 1.54) is 19.3 Å². The molecular formula is C15H21N5S. The largest absolute Gasteiger partial charge is 0.295 e. The van der Waals surface area contributed by atoms with Gasteiger partial charge in [0, 0.05) is 11.3 Å². The Bertz CT molecular complexity index is 570. The monoisotopic (exact) mass is 303 g/mol. The average molecular weight is 303 g/mol. The topological polar surface area (TPSA) is 46.8 Å². The van der Waals surface area contributed by atoms with Crippen molar-refractivity contribution in [2.45, 2.75) is 37.1 Å². The first kappa shape index (κ1) is 14.5. The van der Waals surface area contributed by atoms with Crippen LogP contribution in [0.15, 0.2) is 30.3 Å². The Labute approximate surface area is 129 Å². The van der Waals surface area contributed by atoms with Gasteiger partial charge in [0.05, 0.1) is 12.2 Å². The second-order valence-electron chi connectivity index (χ2n) is 5.53. The number of thioether (sulfide) groups is 1. The van der Waals surface area contributed by atoms with Crippen molar-refractivity contribution in [3.8, 4) is 5.69 Å². The summed E-state index contributed by atoms with van der Waals surface area (Å²) in [6, 6.07) is 10.7. The van der Waals surface area contributed by atoms with Crippen LogP contribution in [-0.4, -0.2) is 49.7 Å². The van der Waals surface area contributed by atoms with E-state index in [-0.39, 0.29) is 0 Å². The molecule has 1 saturated carbocycles. The molecule has 3 rings (SSSR count). The molecule has 0 radical (unpaired) electrons. The van der Waals surface area contributed by atoms with Gasteiger partial charge in [-0.3, -0.25) is 4.90 Å². The molecule has 1 heterocycles. The summed E-state index contributed by atoms with van der Waals surface area (Å²) >= 11 is 1.98. The predicted octanol–water partition coefficient (Wildman–Crippen LogP) is 2.38. The zero-order chi connectivity index (χ0) is 14.7. The predicted molar refractivity (Wildman–Crippen MR) is 85.6 cm³/mol. The van der Waals surface area contributed by atoms with E-state index in [2.05, 4.69) is 33.7 Å². The van der Waals surface area contributed by atoms with Crippen LogP contribution in [0.5, 0.6) is 0 Å². The van der Waals surface area contributed by atoms with Gasteiger partial charge in [0.15, 0.2) is 5.82 Å². The third-order valence-corrected chi connectivity index (χ3v) is 5.37. The first-order valence-electron chi connectivity index (χ1n) is 7.35. The van der Waals surface area contributed by atoms with E-state index in [0.717, 1.165) is 23.3 Å². The standard InChI is InChI=1S/C15H21N5S/c1-19(13-9-6-10-14(13)21-2)11-15-16-17-18-20(15)12-7-4-3-5-8-12/h3-5,7-8,13-14H,6,9-11H2,1-2H3/t13-,14+/m0/s1. The van der Waals surface area contributed by atoms with Gasteiger partial charge in [0.1, 0.15) is 0 Å². The molecule has 0 bridgehead atoms. The summed E-state index contributed by atoms with van der Waals surface area (Å²) in [6.45, 7) is 0.781. The molecule has 0 amide bonds. The summed E-state index contributed by atoms with van der Waals surface area (Å²) in [4.78, 5) is 2.40. The molecule has 1 aromatic heterocycles. The van der Waals surface area contributed by atoms with Crippen molar-refractivity contribution in [3.05, 3.63) is 36.2 Å². The lowest BCUT2D eigenvalue weighted by atomic mass is 10.2. The van der Waals surface area contributed by atoms with E-state index in [4.69, 9.17) is 0 Å². The van der Waals surface area contributed by atoms with E-state index < -0.39 is 0 Å². The lowest BCUT2D eigenvalue weighted by molar-refractivity contribution is 0.234. The fraction of sp³-hybridized carbons (Fsp3) is 0.533. The van der Waals surface area contributed by atoms with Crippen LogP contribution < -0.4 is 0 Å². The highest BCUT2D eigenvalue weighted by atomic mass is 32.2. The van der Waals surface area contributed by atoms with Gasteiger partial charge < -0.3 is 0 Å². The van der Waals surface area contributed by atoms with Crippen LogP contribution in [0.1, 0.15) is 25.1 Å². The van der Waals surface area contributed by atoms with Crippen LogP contribution in [0.25, 0.3) is 5.69 Å². The summed E-state index contributed by atoms with van der Waals surface area (Å²) in [5.74, 6) is 0.899. The number of nitrogens with zero attached hydrogens (tertiary/aromatic N) is 5. The number of para-hydroxylation sites is 1. The summed E-state index contributed by atoms with van der Waals surface area (Å²) in [6.07, 6.45) is 6.13. The lowest BCUT2D eigenvalue weighted by Crippen LogP contribution is -2.36. The van der Waals surface area contributed by atoms with Gasteiger partial charge in [0.2, 0.25) is 0 Å². The number of benzene rings is 1. The molecular weight excluding hydrogens is 282 g/mol. The molecule has 1 aliphatic rings. The van der Waals surface area contributed by atoms with Crippen LogP contribution in [0, 0.1) is 0 Å².